The van der Waals surface area contributed by atoms with E-state index in [9.17, 15) is 15.0 Å². The Kier molecular flexibility index (Phi) is 9.72. The summed E-state index contributed by atoms with van der Waals surface area (Å²) in [6.07, 6.45) is -0.710. The molecule has 1 amide bonds. The second-order valence-corrected chi connectivity index (χ2v) is 6.38. The van der Waals surface area contributed by atoms with Gasteiger partial charge in [0.25, 0.3) is 5.91 Å². The second-order valence-electron chi connectivity index (χ2n) is 6.38. The fourth-order valence-electron chi connectivity index (χ4n) is 2.46. The van der Waals surface area contributed by atoms with E-state index in [0.717, 1.165) is 0 Å². The highest BCUT2D eigenvalue weighted by Gasteiger charge is 2.09. The van der Waals surface area contributed by atoms with Crippen molar-refractivity contribution in [1.82, 2.24) is 5.32 Å². The molecule has 0 aliphatic heterocycles. The lowest BCUT2D eigenvalue weighted by atomic mass is 10.2. The molecule has 0 radical (unpaired) electrons. The lowest BCUT2D eigenvalue weighted by molar-refractivity contribution is 0.0996. The quantitative estimate of drug-likeness (QED) is 0.332. The van der Waals surface area contributed by atoms with Crippen LogP contribution in [0.2, 0.25) is 0 Å². The van der Waals surface area contributed by atoms with Crippen LogP contribution in [-0.2, 0) is 4.74 Å². The Morgan fingerprint density at radius 3 is 2.47 bits per heavy atom. The lowest BCUT2D eigenvalue weighted by Crippen LogP contribution is -2.33. The van der Waals surface area contributed by atoms with Gasteiger partial charge in [0.15, 0.2) is 0 Å². The molecule has 0 saturated carbocycles. The molecule has 2 aromatic carbocycles. The third kappa shape index (κ3) is 8.16. The van der Waals surface area contributed by atoms with Crippen LogP contribution in [0.4, 0.5) is 0 Å². The lowest BCUT2D eigenvalue weighted by Gasteiger charge is -2.14. The minimum atomic E-state index is -0.730. The van der Waals surface area contributed by atoms with Crippen molar-refractivity contribution in [2.45, 2.75) is 6.10 Å². The molecule has 0 bridgehead atoms. The Morgan fingerprint density at radius 2 is 1.73 bits per heavy atom. The summed E-state index contributed by atoms with van der Waals surface area (Å²) in [4.78, 5) is 11.2. The van der Waals surface area contributed by atoms with E-state index in [1.807, 2.05) is 12.1 Å². The molecule has 0 heterocycles. The molecule has 30 heavy (non-hydrogen) atoms. The Balaban J connectivity index is 1.64. The fraction of sp³-hybridized carbons (Fsp3) is 0.381. The van der Waals surface area contributed by atoms with Crippen molar-refractivity contribution in [3.05, 3.63) is 48.0 Å². The number of benzene rings is 2. The van der Waals surface area contributed by atoms with Gasteiger partial charge in [-0.05, 0) is 30.3 Å². The number of aliphatic hydroxyl groups excluding tert-OH is 1. The van der Waals surface area contributed by atoms with Gasteiger partial charge in [0, 0.05) is 26.3 Å². The van der Waals surface area contributed by atoms with Crippen molar-refractivity contribution in [3.63, 3.8) is 0 Å². The van der Waals surface area contributed by atoms with E-state index >= 15 is 0 Å². The van der Waals surface area contributed by atoms with E-state index in [-0.39, 0.29) is 17.9 Å². The van der Waals surface area contributed by atoms with Gasteiger partial charge in [0.2, 0.25) is 0 Å². The fourth-order valence-corrected chi connectivity index (χ4v) is 2.46. The number of hydrogen-bond donors (Lipinski definition) is 4. The third-order valence-electron chi connectivity index (χ3n) is 3.97. The first-order chi connectivity index (χ1) is 14.5. The molecule has 0 aliphatic carbocycles. The minimum absolute atomic E-state index is 0.00111. The molecule has 5 N–H and O–H groups in total. The van der Waals surface area contributed by atoms with E-state index in [2.05, 4.69) is 5.32 Å². The molecule has 0 aromatic heterocycles. The molecular formula is C21H28N2O7. The standard InChI is InChI=1S/C21H28N2O7/c1-27-9-10-29-16-3-2-4-17(11-16)30-14-15(24)13-23-7-8-28-18-5-6-20(25)19(12-18)21(22)26/h2-6,11-12,15,23-25H,7-10,13-14H2,1H3,(H2,22,26). The highest BCUT2D eigenvalue weighted by atomic mass is 16.5. The van der Waals surface area contributed by atoms with Crippen molar-refractivity contribution in [2.24, 2.45) is 5.73 Å². The number of amides is 1. The molecule has 1 unspecified atom stereocenters. The molecular weight excluding hydrogens is 392 g/mol. The average Bonchev–Trinajstić information content (AvgIpc) is 2.73. The maximum atomic E-state index is 11.2. The summed E-state index contributed by atoms with van der Waals surface area (Å²) in [5.74, 6) is 0.766. The molecule has 2 aromatic rings. The molecule has 164 valence electrons. The van der Waals surface area contributed by atoms with Gasteiger partial charge in [-0.15, -0.1) is 0 Å². The van der Waals surface area contributed by atoms with Gasteiger partial charge in [-0.25, -0.2) is 0 Å². The normalized spacial score (nSPS) is 11.7. The summed E-state index contributed by atoms with van der Waals surface area (Å²) < 4.78 is 21.5. The number of nitrogens with two attached hydrogens (primary N) is 1. The van der Waals surface area contributed by atoms with Crippen LogP contribution in [0.5, 0.6) is 23.0 Å². The number of hydrogen-bond acceptors (Lipinski definition) is 8. The number of rotatable bonds is 14. The second kappa shape index (κ2) is 12.5. The van der Waals surface area contributed by atoms with Gasteiger partial charge in [0.1, 0.15) is 48.9 Å². The molecule has 0 saturated heterocycles. The summed E-state index contributed by atoms with van der Waals surface area (Å²) >= 11 is 0. The topological polar surface area (TPSA) is 132 Å². The average molecular weight is 420 g/mol. The van der Waals surface area contributed by atoms with Gasteiger partial charge in [-0.1, -0.05) is 6.07 Å². The van der Waals surface area contributed by atoms with Crippen LogP contribution < -0.4 is 25.3 Å². The largest absolute Gasteiger partial charge is 0.507 e. The number of carbonyl (C=O) groups excluding carboxylic acids is 1. The predicted octanol–water partition coefficient (Wildman–Crippen LogP) is 0.925. The van der Waals surface area contributed by atoms with Crippen LogP contribution in [0, 0.1) is 0 Å². The van der Waals surface area contributed by atoms with E-state index in [1.54, 1.807) is 19.2 Å². The van der Waals surface area contributed by atoms with Gasteiger partial charge in [-0.2, -0.15) is 0 Å². The Morgan fingerprint density at radius 1 is 1.03 bits per heavy atom. The Hall–Kier alpha value is -3.01. The zero-order chi connectivity index (χ0) is 21.8. The summed E-state index contributed by atoms with van der Waals surface area (Å²) in [5.41, 5.74) is 5.18. The van der Waals surface area contributed by atoms with Gasteiger partial charge >= 0.3 is 0 Å². The van der Waals surface area contributed by atoms with E-state index in [4.69, 9.17) is 24.7 Å². The third-order valence-corrected chi connectivity index (χ3v) is 3.97. The maximum Gasteiger partial charge on any atom is 0.252 e. The SMILES string of the molecule is COCCOc1cccc(OCC(O)CNCCOc2ccc(O)c(C(N)=O)c2)c1. The predicted molar refractivity (Wildman–Crippen MR) is 110 cm³/mol. The van der Waals surface area contributed by atoms with Crippen LogP contribution in [0.25, 0.3) is 0 Å². The summed E-state index contributed by atoms with van der Waals surface area (Å²) in [6, 6.07) is 11.4. The molecule has 9 heteroatoms. The number of carbonyl (C=O) groups is 1. The smallest absolute Gasteiger partial charge is 0.252 e. The van der Waals surface area contributed by atoms with Crippen molar-refractivity contribution < 1.29 is 34.0 Å². The number of ether oxygens (including phenoxy) is 4. The summed E-state index contributed by atoms with van der Waals surface area (Å²) in [7, 11) is 1.61. The number of aromatic hydroxyl groups is 1. The van der Waals surface area contributed by atoms with Crippen LogP contribution in [0.3, 0.4) is 0 Å². The number of primary amides is 1. The van der Waals surface area contributed by atoms with E-state index in [0.29, 0.717) is 50.2 Å². The van der Waals surface area contributed by atoms with Crippen molar-refractivity contribution >= 4 is 5.91 Å². The number of methoxy groups -OCH3 is 1. The first kappa shape index (κ1) is 23.3. The highest BCUT2D eigenvalue weighted by Crippen LogP contribution is 2.22. The molecule has 2 rings (SSSR count). The first-order valence-electron chi connectivity index (χ1n) is 9.48. The van der Waals surface area contributed by atoms with Gasteiger partial charge < -0.3 is 40.2 Å². The van der Waals surface area contributed by atoms with E-state index < -0.39 is 12.0 Å². The van der Waals surface area contributed by atoms with Crippen LogP contribution in [0.15, 0.2) is 42.5 Å². The highest BCUT2D eigenvalue weighted by molar-refractivity contribution is 5.95. The number of aliphatic hydroxyl groups is 1. The molecule has 1 atom stereocenters. The monoisotopic (exact) mass is 420 g/mol. The van der Waals surface area contributed by atoms with Crippen molar-refractivity contribution in [1.29, 1.82) is 0 Å². The molecule has 0 aliphatic rings. The van der Waals surface area contributed by atoms with Crippen molar-refractivity contribution in [3.8, 4) is 23.0 Å². The maximum absolute atomic E-state index is 11.2. The van der Waals surface area contributed by atoms with Crippen molar-refractivity contribution in [2.75, 3.05) is 46.6 Å². The molecule has 9 nitrogen and oxygen atoms in total. The van der Waals surface area contributed by atoms with Crippen LogP contribution >= 0.6 is 0 Å². The minimum Gasteiger partial charge on any atom is -0.507 e. The zero-order valence-electron chi connectivity index (χ0n) is 16.9. The van der Waals surface area contributed by atoms with Crippen LogP contribution in [0.1, 0.15) is 10.4 Å². The van der Waals surface area contributed by atoms with Crippen LogP contribution in [-0.4, -0.2) is 68.9 Å². The molecule has 0 fully saturated rings. The zero-order valence-corrected chi connectivity index (χ0v) is 16.9. The first-order valence-corrected chi connectivity index (χ1v) is 9.48. The summed E-state index contributed by atoms with van der Waals surface area (Å²) in [6.45, 7) is 2.15. The summed E-state index contributed by atoms with van der Waals surface area (Å²) in [5, 5.41) is 22.6. The Bertz CT molecular complexity index is 801. The van der Waals surface area contributed by atoms with Gasteiger partial charge in [-0.3, -0.25) is 4.79 Å². The van der Waals surface area contributed by atoms with Gasteiger partial charge in [0.05, 0.1) is 12.2 Å². The molecule has 0 spiro atoms. The number of nitrogens with one attached hydrogen (secondary N) is 1. The number of phenols is 1. The van der Waals surface area contributed by atoms with E-state index in [1.165, 1.54) is 18.2 Å². The Labute approximate surface area is 175 Å².